The minimum absolute atomic E-state index is 0.116. The van der Waals surface area contributed by atoms with Gasteiger partial charge in [-0.1, -0.05) is 18.1 Å². The third kappa shape index (κ3) is 3.19. The summed E-state index contributed by atoms with van der Waals surface area (Å²) in [6.07, 6.45) is 1.05. The maximum atomic E-state index is 14.7. The van der Waals surface area contributed by atoms with Gasteiger partial charge in [0.05, 0.1) is 17.8 Å². The average molecular weight is 386 g/mol. The lowest BCUT2D eigenvalue weighted by Gasteiger charge is -2.15. The van der Waals surface area contributed by atoms with Gasteiger partial charge < -0.3 is 9.26 Å². The second-order valence-corrected chi connectivity index (χ2v) is 6.39. The summed E-state index contributed by atoms with van der Waals surface area (Å²) >= 11 is 0. The number of pyridine rings is 1. The van der Waals surface area contributed by atoms with Crippen LogP contribution in [0, 0.1) is 18.6 Å². The molecule has 3 heterocycles. The van der Waals surface area contributed by atoms with Crippen molar-refractivity contribution in [3.8, 4) is 22.7 Å². The number of halogens is 2. The van der Waals surface area contributed by atoms with E-state index in [1.165, 1.54) is 17.2 Å². The van der Waals surface area contributed by atoms with Crippen molar-refractivity contribution in [1.82, 2.24) is 15.1 Å². The van der Waals surface area contributed by atoms with E-state index in [2.05, 4.69) is 15.1 Å². The second-order valence-electron chi connectivity index (χ2n) is 6.39. The van der Waals surface area contributed by atoms with E-state index >= 15 is 0 Å². The van der Waals surface area contributed by atoms with Gasteiger partial charge in [0.2, 0.25) is 0 Å². The molecule has 1 fully saturated rings. The van der Waals surface area contributed by atoms with Crippen molar-refractivity contribution in [3.05, 3.63) is 47.9 Å². The predicted molar refractivity (Wildman–Crippen MR) is 95.5 cm³/mol. The molecule has 1 aliphatic rings. The molecule has 0 N–H and O–H groups in total. The number of amides is 1. The molecule has 0 saturated carbocycles. The summed E-state index contributed by atoms with van der Waals surface area (Å²) in [5.74, 6) is -0.922. The Kier molecular flexibility index (Phi) is 4.50. The summed E-state index contributed by atoms with van der Waals surface area (Å²) in [6, 6.07) is 5.29. The average Bonchev–Trinajstić information content (AvgIpc) is 3.27. The molecule has 0 aliphatic carbocycles. The Balaban J connectivity index is 1.64. The molecule has 1 amide bonds. The number of carbonyl (C=O) groups is 1. The Morgan fingerprint density at radius 3 is 2.54 bits per heavy atom. The van der Waals surface area contributed by atoms with Crippen molar-refractivity contribution in [2.75, 3.05) is 11.4 Å². The van der Waals surface area contributed by atoms with Crippen LogP contribution in [0.25, 0.3) is 22.7 Å². The van der Waals surface area contributed by atoms with Gasteiger partial charge in [-0.25, -0.2) is 13.6 Å². The van der Waals surface area contributed by atoms with Crippen LogP contribution in [-0.2, 0) is 4.74 Å². The van der Waals surface area contributed by atoms with Crippen LogP contribution < -0.4 is 4.90 Å². The Bertz CT molecular complexity index is 1010. The van der Waals surface area contributed by atoms with E-state index in [0.29, 0.717) is 17.9 Å². The van der Waals surface area contributed by atoms with Crippen LogP contribution in [0.4, 0.5) is 19.3 Å². The molecule has 1 atom stereocenters. The van der Waals surface area contributed by atoms with E-state index in [1.54, 1.807) is 13.0 Å². The van der Waals surface area contributed by atoms with Crippen molar-refractivity contribution in [2.45, 2.75) is 26.4 Å². The number of aromatic nitrogens is 3. The third-order valence-corrected chi connectivity index (χ3v) is 4.47. The van der Waals surface area contributed by atoms with E-state index in [4.69, 9.17) is 9.26 Å². The Morgan fingerprint density at radius 1 is 1.25 bits per heavy atom. The maximum Gasteiger partial charge on any atom is 0.414 e. The van der Waals surface area contributed by atoms with E-state index < -0.39 is 17.7 Å². The molecule has 1 aliphatic heterocycles. The van der Waals surface area contributed by atoms with Crippen LogP contribution in [0.5, 0.6) is 0 Å². The first-order valence-electron chi connectivity index (χ1n) is 8.70. The van der Waals surface area contributed by atoms with Crippen LogP contribution >= 0.6 is 0 Å². The lowest BCUT2D eigenvalue weighted by atomic mass is 10.0. The topological polar surface area (TPSA) is 81.4 Å². The monoisotopic (exact) mass is 386 g/mol. The lowest BCUT2D eigenvalue weighted by Crippen LogP contribution is -2.24. The fraction of sp³-hybridized carbons (Fsp3) is 0.263. The van der Waals surface area contributed by atoms with Gasteiger partial charge in [-0.05, 0) is 31.5 Å². The quantitative estimate of drug-likeness (QED) is 0.671. The summed E-state index contributed by atoms with van der Waals surface area (Å²) in [7, 11) is 0. The number of cyclic esters (lactones) is 1. The van der Waals surface area contributed by atoms with Gasteiger partial charge in [0.1, 0.15) is 23.4 Å². The molecule has 28 heavy (non-hydrogen) atoms. The number of benzene rings is 1. The molecule has 2 aromatic heterocycles. The molecule has 4 rings (SSSR count). The number of hydrogen-bond acceptors (Lipinski definition) is 6. The van der Waals surface area contributed by atoms with E-state index in [9.17, 15) is 13.6 Å². The SMILES string of the molecule is CC[C@H]1CN(c2cc(F)c(-c3ccc(-c4nc(C)no4)nc3)c(F)c2)C(=O)O1. The second kappa shape index (κ2) is 6.99. The predicted octanol–water partition coefficient (Wildman–Crippen LogP) is 4.12. The van der Waals surface area contributed by atoms with Crippen LogP contribution in [-0.4, -0.2) is 33.9 Å². The van der Waals surface area contributed by atoms with Crippen LogP contribution in [0.1, 0.15) is 19.2 Å². The Hall–Kier alpha value is -3.36. The molecule has 7 nitrogen and oxygen atoms in total. The lowest BCUT2D eigenvalue weighted by molar-refractivity contribution is 0.139. The first-order chi connectivity index (χ1) is 13.5. The zero-order chi connectivity index (χ0) is 19.8. The number of aryl methyl sites for hydroxylation is 1. The number of hydrogen-bond donors (Lipinski definition) is 0. The van der Waals surface area contributed by atoms with Crippen molar-refractivity contribution < 1.29 is 22.8 Å². The van der Waals surface area contributed by atoms with Gasteiger partial charge in [-0.3, -0.25) is 9.88 Å². The molecule has 0 radical (unpaired) electrons. The number of anilines is 1. The maximum absolute atomic E-state index is 14.7. The van der Waals surface area contributed by atoms with Crippen LogP contribution in [0.15, 0.2) is 35.0 Å². The summed E-state index contributed by atoms with van der Waals surface area (Å²) < 4.78 is 39.6. The first-order valence-corrected chi connectivity index (χ1v) is 8.70. The number of nitrogens with zero attached hydrogens (tertiary/aromatic N) is 4. The minimum atomic E-state index is -0.800. The molecule has 0 unspecified atom stereocenters. The highest BCUT2D eigenvalue weighted by molar-refractivity contribution is 5.90. The molecule has 144 valence electrons. The normalized spacial score (nSPS) is 16.5. The zero-order valence-electron chi connectivity index (χ0n) is 15.1. The molecule has 0 bridgehead atoms. The molecule has 3 aromatic rings. The van der Waals surface area contributed by atoms with Crippen molar-refractivity contribution in [2.24, 2.45) is 0 Å². The van der Waals surface area contributed by atoms with Gasteiger partial charge in [-0.15, -0.1) is 0 Å². The largest absolute Gasteiger partial charge is 0.444 e. The summed E-state index contributed by atoms with van der Waals surface area (Å²) in [6.45, 7) is 3.80. The smallest absolute Gasteiger partial charge is 0.414 e. The Labute approximate surface area is 159 Å². The van der Waals surface area contributed by atoms with Gasteiger partial charge in [0.25, 0.3) is 5.89 Å². The first kappa shape index (κ1) is 18.0. The van der Waals surface area contributed by atoms with Gasteiger partial charge in [0.15, 0.2) is 5.82 Å². The molecule has 0 spiro atoms. The third-order valence-electron chi connectivity index (χ3n) is 4.47. The number of rotatable bonds is 4. The van der Waals surface area contributed by atoms with E-state index in [0.717, 1.165) is 12.1 Å². The van der Waals surface area contributed by atoms with Crippen molar-refractivity contribution in [1.29, 1.82) is 0 Å². The van der Waals surface area contributed by atoms with Crippen molar-refractivity contribution >= 4 is 11.8 Å². The van der Waals surface area contributed by atoms with Crippen molar-refractivity contribution in [3.63, 3.8) is 0 Å². The van der Waals surface area contributed by atoms with Gasteiger partial charge in [0, 0.05) is 11.8 Å². The van der Waals surface area contributed by atoms with E-state index in [1.807, 2.05) is 6.92 Å². The minimum Gasteiger partial charge on any atom is -0.444 e. The molecule has 1 aromatic carbocycles. The highest BCUT2D eigenvalue weighted by Crippen LogP contribution is 2.32. The van der Waals surface area contributed by atoms with Crippen LogP contribution in [0.3, 0.4) is 0 Å². The fourth-order valence-corrected chi connectivity index (χ4v) is 3.01. The summed E-state index contributed by atoms with van der Waals surface area (Å²) in [5, 5.41) is 3.68. The molecular formula is C19H16F2N4O3. The van der Waals surface area contributed by atoms with Gasteiger partial charge in [-0.2, -0.15) is 4.98 Å². The standard InChI is InChI=1S/C19H16F2N4O3/c1-3-13-9-25(19(26)27-13)12-6-14(20)17(15(21)7-12)11-4-5-16(22-8-11)18-23-10(2)24-28-18/h4-8,13H,3,9H2,1-2H3/t13-/m0/s1. The summed E-state index contributed by atoms with van der Waals surface area (Å²) in [4.78, 5) is 21.3. The fourth-order valence-electron chi connectivity index (χ4n) is 3.01. The summed E-state index contributed by atoms with van der Waals surface area (Å²) in [5.41, 5.74) is 0.527. The highest BCUT2D eigenvalue weighted by Gasteiger charge is 2.32. The zero-order valence-corrected chi connectivity index (χ0v) is 15.1. The Morgan fingerprint density at radius 2 is 2.00 bits per heavy atom. The van der Waals surface area contributed by atoms with Crippen LogP contribution in [0.2, 0.25) is 0 Å². The number of carbonyl (C=O) groups excluding carboxylic acids is 1. The highest BCUT2D eigenvalue weighted by atomic mass is 19.1. The number of ether oxygens (including phenoxy) is 1. The molecule has 9 heteroatoms. The van der Waals surface area contributed by atoms with Gasteiger partial charge >= 0.3 is 6.09 Å². The molecular weight excluding hydrogens is 370 g/mol. The van der Waals surface area contributed by atoms with E-state index in [-0.39, 0.29) is 35.4 Å². The molecule has 1 saturated heterocycles.